The fourth-order valence-electron chi connectivity index (χ4n) is 4.67. The van der Waals surface area contributed by atoms with E-state index in [-0.39, 0.29) is 0 Å². The van der Waals surface area contributed by atoms with Crippen LogP contribution in [-0.2, 0) is 4.74 Å². The topological polar surface area (TPSA) is 24.9 Å². The molecule has 0 spiro atoms. The number of methoxy groups -OCH3 is 1. The van der Waals surface area contributed by atoms with Gasteiger partial charge in [-0.1, -0.05) is 39.8 Å². The summed E-state index contributed by atoms with van der Waals surface area (Å²) < 4.78 is 11.6. The molecule has 0 aromatic heterocycles. The van der Waals surface area contributed by atoms with Crippen molar-refractivity contribution in [2.24, 2.45) is 0 Å². The highest BCUT2D eigenvalue weighted by molar-refractivity contribution is 5.66. The van der Waals surface area contributed by atoms with E-state index < -0.39 is 0 Å². The molecule has 3 rings (SSSR count). The molecule has 1 atom stereocenters. The molecule has 2 aliphatic rings. The maximum absolute atomic E-state index is 5.92. The Bertz CT molecular complexity index is 570. The highest BCUT2D eigenvalue weighted by Gasteiger charge is 2.27. The first kappa shape index (κ1) is 24.0. The number of rotatable bonds is 9. The number of hydrogen-bond acceptors (Lipinski definition) is 4. The van der Waals surface area contributed by atoms with Crippen LogP contribution in [0.5, 0.6) is 5.75 Å². The number of likely N-dealkylation sites (tertiary alicyclic amines) is 1. The van der Waals surface area contributed by atoms with Crippen LogP contribution in [0, 0.1) is 0 Å². The number of anilines is 1. The van der Waals surface area contributed by atoms with Gasteiger partial charge >= 0.3 is 0 Å². The van der Waals surface area contributed by atoms with Crippen molar-refractivity contribution in [1.29, 1.82) is 0 Å². The van der Waals surface area contributed by atoms with Crippen LogP contribution in [0.1, 0.15) is 77.7 Å². The molecular formula is C25H44N2O2. The van der Waals surface area contributed by atoms with Crippen LogP contribution < -0.4 is 9.64 Å². The molecular weight excluding hydrogens is 360 g/mol. The molecule has 0 N–H and O–H groups in total. The third kappa shape index (κ3) is 6.62. The smallest absolute Gasteiger partial charge is 0.142 e. The molecule has 29 heavy (non-hydrogen) atoms. The molecule has 0 radical (unpaired) electrons. The predicted octanol–water partition coefficient (Wildman–Crippen LogP) is 5.71. The van der Waals surface area contributed by atoms with Crippen molar-refractivity contribution in [1.82, 2.24) is 4.90 Å². The summed E-state index contributed by atoms with van der Waals surface area (Å²) in [7, 11) is 1.80. The molecule has 1 saturated heterocycles. The Morgan fingerprint density at radius 1 is 1.00 bits per heavy atom. The largest absolute Gasteiger partial charge is 0.495 e. The second-order valence-corrected chi connectivity index (χ2v) is 8.04. The zero-order chi connectivity index (χ0) is 21.1. The second-order valence-electron chi connectivity index (χ2n) is 8.04. The van der Waals surface area contributed by atoms with E-state index in [1.54, 1.807) is 7.11 Å². The molecule has 0 bridgehead atoms. The lowest BCUT2D eigenvalue weighted by molar-refractivity contribution is 0.00785. The highest BCUT2D eigenvalue weighted by Crippen LogP contribution is 2.42. The van der Waals surface area contributed by atoms with Crippen LogP contribution in [0.4, 0.5) is 5.69 Å². The Hall–Kier alpha value is -1.26. The van der Waals surface area contributed by atoms with Crippen molar-refractivity contribution in [3.63, 3.8) is 0 Å². The molecule has 1 aromatic rings. The minimum absolute atomic E-state index is 0.491. The molecule has 4 nitrogen and oxygen atoms in total. The van der Waals surface area contributed by atoms with E-state index in [1.165, 1.54) is 63.0 Å². The van der Waals surface area contributed by atoms with E-state index in [0.717, 1.165) is 31.9 Å². The average Bonchev–Trinajstić information content (AvgIpc) is 2.79. The van der Waals surface area contributed by atoms with Gasteiger partial charge in [0.25, 0.3) is 0 Å². The first-order valence-corrected chi connectivity index (χ1v) is 12.0. The molecule has 4 heteroatoms. The SMILES string of the molecule is CC.CCCOC1CCN(CCCN2CCC(CC)c3cccc(OC)c32)CC1. The summed E-state index contributed by atoms with van der Waals surface area (Å²) in [4.78, 5) is 5.19. The van der Waals surface area contributed by atoms with Crippen molar-refractivity contribution in [3.05, 3.63) is 23.8 Å². The van der Waals surface area contributed by atoms with Gasteiger partial charge in [0.15, 0.2) is 0 Å². The summed E-state index contributed by atoms with van der Waals surface area (Å²) in [5.74, 6) is 1.72. The zero-order valence-corrected chi connectivity index (χ0v) is 19.6. The van der Waals surface area contributed by atoms with Crippen LogP contribution >= 0.6 is 0 Å². The summed E-state index contributed by atoms with van der Waals surface area (Å²) in [5.41, 5.74) is 2.83. The van der Waals surface area contributed by atoms with Gasteiger partial charge in [0, 0.05) is 32.8 Å². The summed E-state index contributed by atoms with van der Waals surface area (Å²) in [6, 6.07) is 6.57. The summed E-state index contributed by atoms with van der Waals surface area (Å²) in [6.07, 6.45) is 7.69. The van der Waals surface area contributed by atoms with Crippen molar-refractivity contribution < 1.29 is 9.47 Å². The fourth-order valence-corrected chi connectivity index (χ4v) is 4.67. The van der Waals surface area contributed by atoms with Gasteiger partial charge in [0.2, 0.25) is 0 Å². The molecule has 1 fully saturated rings. The van der Waals surface area contributed by atoms with E-state index in [0.29, 0.717) is 12.0 Å². The lowest BCUT2D eigenvalue weighted by atomic mass is 9.87. The first-order valence-electron chi connectivity index (χ1n) is 12.0. The zero-order valence-electron chi connectivity index (χ0n) is 19.6. The lowest BCUT2D eigenvalue weighted by Crippen LogP contribution is -2.39. The Morgan fingerprint density at radius 2 is 1.76 bits per heavy atom. The van der Waals surface area contributed by atoms with Crippen molar-refractivity contribution in [3.8, 4) is 5.75 Å². The molecule has 166 valence electrons. The van der Waals surface area contributed by atoms with Gasteiger partial charge in [-0.05, 0) is 62.6 Å². The van der Waals surface area contributed by atoms with Gasteiger partial charge in [0.05, 0.1) is 18.9 Å². The summed E-state index contributed by atoms with van der Waals surface area (Å²) >= 11 is 0. The van der Waals surface area contributed by atoms with Gasteiger partial charge in [-0.3, -0.25) is 0 Å². The van der Waals surface area contributed by atoms with Gasteiger partial charge < -0.3 is 19.3 Å². The maximum atomic E-state index is 5.92. The van der Waals surface area contributed by atoms with Crippen LogP contribution in [0.3, 0.4) is 0 Å². The molecule has 2 aliphatic heterocycles. The van der Waals surface area contributed by atoms with Crippen molar-refractivity contribution in [2.45, 2.75) is 78.2 Å². The fraction of sp³-hybridized carbons (Fsp3) is 0.760. The minimum Gasteiger partial charge on any atom is -0.495 e. The third-order valence-electron chi connectivity index (χ3n) is 6.24. The van der Waals surface area contributed by atoms with Gasteiger partial charge in [-0.25, -0.2) is 0 Å². The normalized spacial score (nSPS) is 20.0. The van der Waals surface area contributed by atoms with Crippen LogP contribution in [-0.4, -0.2) is 57.4 Å². The van der Waals surface area contributed by atoms with Crippen LogP contribution in [0.2, 0.25) is 0 Å². The van der Waals surface area contributed by atoms with Gasteiger partial charge in [0.1, 0.15) is 5.75 Å². The summed E-state index contributed by atoms with van der Waals surface area (Å²) in [6.45, 7) is 15.2. The molecule has 2 heterocycles. The monoisotopic (exact) mass is 404 g/mol. The number of para-hydroxylation sites is 1. The van der Waals surface area contributed by atoms with Crippen LogP contribution in [0.15, 0.2) is 18.2 Å². The molecule has 1 unspecified atom stereocenters. The average molecular weight is 405 g/mol. The first-order chi connectivity index (χ1) is 14.3. The van der Waals surface area contributed by atoms with E-state index >= 15 is 0 Å². The second kappa shape index (κ2) is 13.1. The Balaban J connectivity index is 0.00000145. The Morgan fingerprint density at radius 3 is 2.41 bits per heavy atom. The quantitative estimate of drug-likeness (QED) is 0.526. The number of nitrogens with zero attached hydrogens (tertiary/aromatic N) is 2. The standard InChI is InChI=1S/C23H38N2O2.C2H6/c1-4-18-27-20-11-15-24(16-12-20)13-7-14-25-17-10-19(5-2)21-8-6-9-22(26-3)23(21)25;1-2/h6,8-9,19-20H,4-5,7,10-18H2,1-3H3;1-2H3. The van der Waals surface area contributed by atoms with Crippen LogP contribution in [0.25, 0.3) is 0 Å². The van der Waals surface area contributed by atoms with E-state index in [2.05, 4.69) is 41.8 Å². The molecule has 1 aromatic carbocycles. The van der Waals surface area contributed by atoms with E-state index in [1.807, 2.05) is 13.8 Å². The minimum atomic E-state index is 0.491. The third-order valence-corrected chi connectivity index (χ3v) is 6.24. The lowest BCUT2D eigenvalue weighted by Gasteiger charge is -2.37. The predicted molar refractivity (Wildman–Crippen MR) is 125 cm³/mol. The molecule has 0 aliphatic carbocycles. The summed E-state index contributed by atoms with van der Waals surface area (Å²) in [5, 5.41) is 0. The highest BCUT2D eigenvalue weighted by atomic mass is 16.5. The number of ether oxygens (including phenoxy) is 2. The Kier molecular flexibility index (Phi) is 10.9. The number of fused-ring (bicyclic) bond motifs is 1. The molecule has 0 saturated carbocycles. The number of benzene rings is 1. The van der Waals surface area contributed by atoms with Crippen molar-refractivity contribution >= 4 is 5.69 Å². The van der Waals surface area contributed by atoms with E-state index in [9.17, 15) is 0 Å². The Labute approximate surface area is 179 Å². The molecule has 0 amide bonds. The van der Waals surface area contributed by atoms with Crippen molar-refractivity contribution in [2.75, 3.05) is 51.3 Å². The number of piperidine rings is 1. The number of hydrogen-bond donors (Lipinski definition) is 0. The van der Waals surface area contributed by atoms with E-state index in [4.69, 9.17) is 9.47 Å². The maximum Gasteiger partial charge on any atom is 0.142 e. The van der Waals surface area contributed by atoms with Gasteiger partial charge in [-0.2, -0.15) is 0 Å². The van der Waals surface area contributed by atoms with Gasteiger partial charge in [-0.15, -0.1) is 0 Å².